The quantitative estimate of drug-likeness (QED) is 0.602. The fourth-order valence-electron chi connectivity index (χ4n) is 4.90. The van der Waals surface area contributed by atoms with Crippen molar-refractivity contribution in [2.75, 3.05) is 13.1 Å². The topological polar surface area (TPSA) is 76.3 Å². The van der Waals surface area contributed by atoms with E-state index >= 15 is 0 Å². The number of primary amides is 1. The zero-order valence-electron chi connectivity index (χ0n) is 19.0. The van der Waals surface area contributed by atoms with Gasteiger partial charge in [0, 0.05) is 36.5 Å². The van der Waals surface area contributed by atoms with Gasteiger partial charge in [-0.25, -0.2) is 0 Å². The maximum atomic E-state index is 12.8. The molecule has 5 rings (SSSR count). The molecule has 1 aromatic heterocycles. The number of rotatable bonds is 3. The monoisotopic (exact) mass is 449 g/mol. The number of likely N-dealkylation sites (tertiary alicyclic amines) is 1. The van der Waals surface area contributed by atoms with Crippen LogP contribution in [-0.4, -0.2) is 34.8 Å². The number of carbonyl (C=O) groups is 2. The number of aryl methyl sites for hydroxylation is 2. The molecule has 2 amide bonds. The Morgan fingerprint density at radius 3 is 2.41 bits per heavy atom. The number of benzene rings is 2. The smallest absolute Gasteiger partial charge is 0.248 e. The van der Waals surface area contributed by atoms with Crippen LogP contribution in [0.1, 0.15) is 51.1 Å². The summed E-state index contributed by atoms with van der Waals surface area (Å²) in [6, 6.07) is 19.7. The number of hydrogen-bond acceptors (Lipinski definition) is 3. The zero-order valence-corrected chi connectivity index (χ0v) is 19.0. The molecule has 170 valence electrons. The number of fused-ring (bicyclic) bond motifs is 2. The minimum Gasteiger partial charge on any atom is -0.366 e. The van der Waals surface area contributed by atoms with E-state index in [0.29, 0.717) is 18.7 Å². The molecule has 1 fully saturated rings. The first-order valence-electron chi connectivity index (χ1n) is 11.7. The van der Waals surface area contributed by atoms with Crippen molar-refractivity contribution in [2.45, 2.75) is 25.7 Å². The number of aromatic nitrogens is 1. The van der Waals surface area contributed by atoms with Crippen molar-refractivity contribution in [3.8, 4) is 0 Å². The molecule has 2 aliphatic rings. The Balaban J connectivity index is 1.44. The molecule has 2 N–H and O–H groups in total. The van der Waals surface area contributed by atoms with E-state index in [9.17, 15) is 9.59 Å². The van der Waals surface area contributed by atoms with Gasteiger partial charge in [-0.2, -0.15) is 0 Å². The molecule has 34 heavy (non-hydrogen) atoms. The Morgan fingerprint density at radius 1 is 0.882 bits per heavy atom. The number of piperidine rings is 1. The number of carbonyl (C=O) groups excluding carboxylic acids is 2. The predicted octanol–water partition coefficient (Wildman–Crippen LogP) is 4.42. The number of nitrogens with two attached hydrogens (primary N) is 1. The molecule has 5 nitrogen and oxygen atoms in total. The molecular formula is C29H27N3O2. The molecule has 0 unspecified atom stereocenters. The Morgan fingerprint density at radius 2 is 1.65 bits per heavy atom. The lowest BCUT2D eigenvalue weighted by atomic mass is 9.88. The largest absolute Gasteiger partial charge is 0.366 e. The van der Waals surface area contributed by atoms with E-state index in [1.165, 1.54) is 11.1 Å². The van der Waals surface area contributed by atoms with E-state index in [1.807, 2.05) is 71.8 Å². The van der Waals surface area contributed by atoms with E-state index in [1.54, 1.807) is 6.08 Å². The molecule has 0 saturated carbocycles. The SMILES string of the molecule is NC(=O)c1ccc2c(c1)CCc1cccnc1C2=C1CCN(C(=O)C=Cc2ccccc2)CC1. The van der Waals surface area contributed by atoms with E-state index in [0.717, 1.165) is 53.6 Å². The fourth-order valence-corrected chi connectivity index (χ4v) is 4.90. The van der Waals surface area contributed by atoms with Gasteiger partial charge in [-0.15, -0.1) is 0 Å². The normalized spacial score (nSPS) is 15.6. The second-order valence-electron chi connectivity index (χ2n) is 8.80. The molecule has 0 radical (unpaired) electrons. The van der Waals surface area contributed by atoms with Gasteiger partial charge in [-0.3, -0.25) is 14.6 Å². The van der Waals surface area contributed by atoms with Gasteiger partial charge < -0.3 is 10.6 Å². The van der Waals surface area contributed by atoms with Crippen molar-refractivity contribution in [1.82, 2.24) is 9.88 Å². The van der Waals surface area contributed by atoms with Gasteiger partial charge >= 0.3 is 0 Å². The number of amides is 2. The van der Waals surface area contributed by atoms with E-state index in [-0.39, 0.29) is 5.91 Å². The van der Waals surface area contributed by atoms with Crippen LogP contribution in [0.4, 0.5) is 0 Å². The van der Waals surface area contributed by atoms with Gasteiger partial charge in [0.25, 0.3) is 0 Å². The predicted molar refractivity (Wildman–Crippen MR) is 134 cm³/mol. The van der Waals surface area contributed by atoms with Crippen LogP contribution in [0.2, 0.25) is 0 Å². The first kappa shape index (κ1) is 21.8. The Hall–Kier alpha value is -3.99. The molecule has 1 aliphatic heterocycles. The van der Waals surface area contributed by atoms with Crippen LogP contribution in [0.3, 0.4) is 0 Å². The summed E-state index contributed by atoms with van der Waals surface area (Å²) in [5, 5.41) is 0. The molecule has 0 spiro atoms. The third-order valence-electron chi connectivity index (χ3n) is 6.70. The van der Waals surface area contributed by atoms with Crippen molar-refractivity contribution in [3.05, 3.63) is 112 Å². The van der Waals surface area contributed by atoms with Crippen LogP contribution in [-0.2, 0) is 17.6 Å². The highest BCUT2D eigenvalue weighted by molar-refractivity contribution is 5.95. The Kier molecular flexibility index (Phi) is 6.09. The summed E-state index contributed by atoms with van der Waals surface area (Å²) >= 11 is 0. The molecule has 0 bridgehead atoms. The summed E-state index contributed by atoms with van der Waals surface area (Å²) in [7, 11) is 0. The van der Waals surface area contributed by atoms with Gasteiger partial charge in [0.15, 0.2) is 0 Å². The average molecular weight is 450 g/mol. The van der Waals surface area contributed by atoms with E-state index in [2.05, 4.69) is 6.07 Å². The molecule has 3 aromatic rings. The third-order valence-corrected chi connectivity index (χ3v) is 6.70. The summed E-state index contributed by atoms with van der Waals surface area (Å²) in [4.78, 5) is 31.2. The van der Waals surface area contributed by atoms with Crippen LogP contribution >= 0.6 is 0 Å². The van der Waals surface area contributed by atoms with Crippen molar-refractivity contribution in [2.24, 2.45) is 5.73 Å². The second kappa shape index (κ2) is 9.48. The minimum absolute atomic E-state index is 0.0406. The summed E-state index contributed by atoms with van der Waals surface area (Å²) in [6.45, 7) is 1.35. The first-order chi connectivity index (χ1) is 16.6. The number of hydrogen-bond donors (Lipinski definition) is 1. The molecule has 2 aromatic carbocycles. The Bertz CT molecular complexity index is 1300. The Labute approximate surface area is 199 Å². The van der Waals surface area contributed by atoms with Crippen LogP contribution < -0.4 is 5.73 Å². The summed E-state index contributed by atoms with van der Waals surface area (Å²) < 4.78 is 0. The number of nitrogens with zero attached hydrogens (tertiary/aromatic N) is 2. The molecule has 1 aliphatic carbocycles. The second-order valence-corrected chi connectivity index (χ2v) is 8.80. The van der Waals surface area contributed by atoms with Crippen LogP contribution in [0.5, 0.6) is 0 Å². The highest BCUT2D eigenvalue weighted by Crippen LogP contribution is 2.38. The van der Waals surface area contributed by atoms with Crippen molar-refractivity contribution in [1.29, 1.82) is 0 Å². The first-order valence-corrected chi connectivity index (χ1v) is 11.7. The van der Waals surface area contributed by atoms with Crippen molar-refractivity contribution < 1.29 is 9.59 Å². The standard InChI is InChI=1S/C29H27N3O2/c30-29(34)24-11-12-25-23(19-24)10-9-22-7-4-16-31-28(22)27(25)21-14-17-32(18-15-21)26(33)13-8-20-5-2-1-3-6-20/h1-8,11-13,16,19H,9-10,14-15,17-18H2,(H2,30,34). The van der Waals surface area contributed by atoms with Crippen LogP contribution in [0, 0.1) is 0 Å². The highest BCUT2D eigenvalue weighted by atomic mass is 16.2. The van der Waals surface area contributed by atoms with Gasteiger partial charge in [-0.05, 0) is 72.2 Å². The lowest BCUT2D eigenvalue weighted by molar-refractivity contribution is -0.126. The maximum Gasteiger partial charge on any atom is 0.248 e. The summed E-state index contributed by atoms with van der Waals surface area (Å²) in [6.07, 6.45) is 8.67. The summed E-state index contributed by atoms with van der Waals surface area (Å²) in [5.74, 6) is -0.369. The summed E-state index contributed by atoms with van der Waals surface area (Å²) in [5.41, 5.74) is 14.1. The average Bonchev–Trinajstić information content (AvgIpc) is 3.04. The lowest BCUT2D eigenvalue weighted by Crippen LogP contribution is -2.35. The van der Waals surface area contributed by atoms with Crippen LogP contribution in [0.25, 0.3) is 11.6 Å². The van der Waals surface area contributed by atoms with Gasteiger partial charge in [0.2, 0.25) is 11.8 Å². The van der Waals surface area contributed by atoms with Gasteiger partial charge in [-0.1, -0.05) is 48.0 Å². The highest BCUT2D eigenvalue weighted by Gasteiger charge is 2.26. The van der Waals surface area contributed by atoms with E-state index < -0.39 is 5.91 Å². The molecular weight excluding hydrogens is 422 g/mol. The molecule has 5 heteroatoms. The van der Waals surface area contributed by atoms with Gasteiger partial charge in [0.1, 0.15) is 0 Å². The molecule has 0 atom stereocenters. The van der Waals surface area contributed by atoms with Gasteiger partial charge in [0.05, 0.1) is 5.69 Å². The fraction of sp³-hybridized carbons (Fsp3) is 0.207. The number of pyridine rings is 1. The molecule has 1 saturated heterocycles. The van der Waals surface area contributed by atoms with E-state index in [4.69, 9.17) is 10.7 Å². The lowest BCUT2D eigenvalue weighted by Gasteiger charge is -2.29. The van der Waals surface area contributed by atoms with Crippen molar-refractivity contribution >= 4 is 23.5 Å². The zero-order chi connectivity index (χ0) is 23.5. The molecule has 2 heterocycles. The maximum absolute atomic E-state index is 12.8. The van der Waals surface area contributed by atoms with Crippen LogP contribution in [0.15, 0.2) is 78.5 Å². The minimum atomic E-state index is -0.410. The third kappa shape index (κ3) is 4.42. The van der Waals surface area contributed by atoms with Crippen molar-refractivity contribution in [3.63, 3.8) is 0 Å².